The Labute approximate surface area is 78.9 Å². The van der Waals surface area contributed by atoms with Gasteiger partial charge in [0.15, 0.2) is 0 Å². The van der Waals surface area contributed by atoms with Crippen molar-refractivity contribution in [1.29, 1.82) is 0 Å². The zero-order valence-corrected chi connectivity index (χ0v) is 8.80. The molecule has 0 atom stereocenters. The van der Waals surface area contributed by atoms with Gasteiger partial charge in [0, 0.05) is 32.4 Å². The second kappa shape index (κ2) is 3.17. The number of aromatic nitrogens is 2. The number of rotatable bonds is 0. The van der Waals surface area contributed by atoms with E-state index in [2.05, 4.69) is 11.2 Å². The van der Waals surface area contributed by atoms with Crippen molar-refractivity contribution in [2.45, 2.75) is 6.92 Å². The molecule has 57 valence electrons. The summed E-state index contributed by atoms with van der Waals surface area (Å²) in [6, 6.07) is 5.86. The van der Waals surface area contributed by atoms with Gasteiger partial charge in [-0.25, -0.2) is 0 Å². The Morgan fingerprint density at radius 2 is 2.36 bits per heavy atom. The van der Waals surface area contributed by atoms with Gasteiger partial charge in [0.1, 0.15) is 0 Å². The zero-order valence-electron chi connectivity index (χ0n) is 6.08. The summed E-state index contributed by atoms with van der Waals surface area (Å²) in [4.78, 5) is 4.13. The van der Waals surface area contributed by atoms with Crippen LogP contribution in [0.25, 0.3) is 5.52 Å². The Hall–Kier alpha value is -0.648. The average molecular weight is 317 g/mol. The molecule has 0 unspecified atom stereocenters. The van der Waals surface area contributed by atoms with Crippen LogP contribution in [0.2, 0.25) is 0 Å². The fraction of sp³-hybridized carbons (Fsp3) is 0.125. The molecule has 2 aromatic heterocycles. The molecule has 0 aliphatic heterocycles. The first-order chi connectivity index (χ1) is 4.88. The van der Waals surface area contributed by atoms with Gasteiger partial charge in [-0.05, 0) is 12.4 Å². The third-order valence-electron chi connectivity index (χ3n) is 1.56. The maximum Gasteiger partial charge on any atom is 0.0176 e. The summed E-state index contributed by atoms with van der Waals surface area (Å²) in [5, 5.41) is 0. The Balaban J connectivity index is 0.000000605. The van der Waals surface area contributed by atoms with Gasteiger partial charge in [0.2, 0.25) is 0 Å². The van der Waals surface area contributed by atoms with Crippen LogP contribution in [-0.4, -0.2) is 9.38 Å². The van der Waals surface area contributed by atoms with Crippen molar-refractivity contribution >= 4 is 5.52 Å². The van der Waals surface area contributed by atoms with Gasteiger partial charge in [-0.1, -0.05) is 6.20 Å². The quantitative estimate of drug-likeness (QED) is 0.672. The van der Waals surface area contributed by atoms with Crippen LogP contribution in [0.15, 0.2) is 24.5 Å². The van der Waals surface area contributed by atoms with Crippen LogP contribution in [0.4, 0.5) is 0 Å². The SMILES string of the molecule is Cc1ncn2[c-]cccc12.[Re]. The summed E-state index contributed by atoms with van der Waals surface area (Å²) in [6.45, 7) is 1.99. The number of hydrogen-bond acceptors (Lipinski definition) is 1. The normalized spacial score (nSPS) is 9.55. The van der Waals surface area contributed by atoms with E-state index in [1.165, 1.54) is 0 Å². The molecule has 2 heterocycles. The van der Waals surface area contributed by atoms with Crippen LogP contribution in [0.5, 0.6) is 0 Å². The number of imidazole rings is 1. The van der Waals surface area contributed by atoms with Gasteiger partial charge in [-0.3, -0.25) is 4.98 Å². The summed E-state index contributed by atoms with van der Waals surface area (Å²) in [6.07, 6.45) is 4.79. The van der Waals surface area contributed by atoms with E-state index in [1.54, 1.807) is 6.33 Å². The Kier molecular flexibility index (Phi) is 2.43. The molecule has 0 amide bonds. The van der Waals surface area contributed by atoms with Gasteiger partial charge in [0.05, 0.1) is 0 Å². The van der Waals surface area contributed by atoms with Crippen molar-refractivity contribution in [1.82, 2.24) is 9.38 Å². The van der Waals surface area contributed by atoms with E-state index in [0.717, 1.165) is 11.2 Å². The number of fused-ring (bicyclic) bond motifs is 1. The molecule has 0 saturated heterocycles. The molecule has 2 nitrogen and oxygen atoms in total. The first-order valence-electron chi connectivity index (χ1n) is 3.18. The first kappa shape index (κ1) is 8.45. The third kappa shape index (κ3) is 1.35. The molecule has 0 spiro atoms. The van der Waals surface area contributed by atoms with Gasteiger partial charge in [-0.15, -0.1) is 18.2 Å². The van der Waals surface area contributed by atoms with Gasteiger partial charge in [0.25, 0.3) is 0 Å². The second-order valence-corrected chi connectivity index (χ2v) is 2.24. The molecule has 11 heavy (non-hydrogen) atoms. The number of aryl methyl sites for hydroxylation is 1. The Morgan fingerprint density at radius 3 is 3.09 bits per heavy atom. The summed E-state index contributed by atoms with van der Waals surface area (Å²) in [7, 11) is 0. The number of pyridine rings is 1. The van der Waals surface area contributed by atoms with Gasteiger partial charge in [-0.2, -0.15) is 0 Å². The molecule has 0 fully saturated rings. The van der Waals surface area contributed by atoms with Crippen molar-refractivity contribution < 1.29 is 20.4 Å². The predicted molar refractivity (Wildman–Crippen MR) is 38.8 cm³/mol. The van der Waals surface area contributed by atoms with E-state index >= 15 is 0 Å². The monoisotopic (exact) mass is 318 g/mol. The molecule has 0 aliphatic carbocycles. The van der Waals surface area contributed by atoms with Crippen LogP contribution in [0.1, 0.15) is 5.69 Å². The van der Waals surface area contributed by atoms with Crippen molar-refractivity contribution in [3.63, 3.8) is 0 Å². The molecule has 0 saturated carbocycles. The molecular weight excluding hydrogens is 310 g/mol. The van der Waals surface area contributed by atoms with Crippen LogP contribution in [0, 0.1) is 13.1 Å². The van der Waals surface area contributed by atoms with E-state index < -0.39 is 0 Å². The van der Waals surface area contributed by atoms with E-state index in [0.29, 0.717) is 0 Å². The minimum Gasteiger partial charge on any atom is -0.427 e. The number of hydrogen-bond donors (Lipinski definition) is 0. The van der Waals surface area contributed by atoms with Crippen molar-refractivity contribution in [2.24, 2.45) is 0 Å². The van der Waals surface area contributed by atoms with Crippen molar-refractivity contribution in [2.75, 3.05) is 0 Å². The molecule has 0 bridgehead atoms. The summed E-state index contributed by atoms with van der Waals surface area (Å²) >= 11 is 0. The van der Waals surface area contributed by atoms with Crippen LogP contribution < -0.4 is 0 Å². The number of nitrogens with zero attached hydrogens (tertiary/aromatic N) is 2. The Morgan fingerprint density at radius 1 is 1.55 bits per heavy atom. The molecule has 2 rings (SSSR count). The molecule has 2 aromatic rings. The van der Waals surface area contributed by atoms with Crippen LogP contribution in [-0.2, 0) is 20.4 Å². The van der Waals surface area contributed by atoms with E-state index in [4.69, 9.17) is 0 Å². The van der Waals surface area contributed by atoms with Crippen LogP contribution in [0.3, 0.4) is 0 Å². The maximum absolute atomic E-state index is 4.13. The Bertz CT molecular complexity index is 354. The van der Waals surface area contributed by atoms with E-state index in [9.17, 15) is 0 Å². The van der Waals surface area contributed by atoms with Gasteiger partial charge < -0.3 is 4.40 Å². The fourth-order valence-electron chi connectivity index (χ4n) is 1.01. The second-order valence-electron chi connectivity index (χ2n) is 2.24. The van der Waals surface area contributed by atoms with E-state index in [-0.39, 0.29) is 20.4 Å². The van der Waals surface area contributed by atoms with Crippen molar-refractivity contribution in [3.8, 4) is 0 Å². The molecule has 0 aromatic carbocycles. The molecule has 0 aliphatic rings. The molecule has 3 heteroatoms. The largest absolute Gasteiger partial charge is 0.427 e. The summed E-state index contributed by atoms with van der Waals surface area (Å²) < 4.78 is 1.88. The minimum atomic E-state index is 0. The smallest absolute Gasteiger partial charge is 0.0176 e. The van der Waals surface area contributed by atoms with Crippen LogP contribution >= 0.6 is 0 Å². The van der Waals surface area contributed by atoms with Gasteiger partial charge >= 0.3 is 0 Å². The topological polar surface area (TPSA) is 17.3 Å². The third-order valence-corrected chi connectivity index (χ3v) is 1.56. The fourth-order valence-corrected chi connectivity index (χ4v) is 1.01. The standard InChI is InChI=1S/C8H7N2.Re/c1-7-8-4-2-3-5-10(8)6-9-7;/h2-4,6H,1H3;/q-1;. The zero-order chi connectivity index (χ0) is 6.97. The molecule has 0 N–H and O–H groups in total. The summed E-state index contributed by atoms with van der Waals surface area (Å²) in [5.74, 6) is 0. The average Bonchev–Trinajstić information content (AvgIpc) is 2.34. The summed E-state index contributed by atoms with van der Waals surface area (Å²) in [5.41, 5.74) is 2.18. The molecule has 1 radical (unpaired) electrons. The predicted octanol–water partition coefficient (Wildman–Crippen LogP) is 1.44. The first-order valence-corrected chi connectivity index (χ1v) is 3.18. The minimum absolute atomic E-state index is 0. The molecular formula is C8H7N2Re-. The van der Waals surface area contributed by atoms with E-state index in [1.807, 2.05) is 29.5 Å². The maximum atomic E-state index is 4.13. The van der Waals surface area contributed by atoms with Crippen molar-refractivity contribution in [3.05, 3.63) is 36.4 Å².